The molecule has 5 heteroatoms. The molecule has 1 aromatic heterocycles. The minimum atomic E-state index is -0.246. The first-order chi connectivity index (χ1) is 9.22. The van der Waals surface area contributed by atoms with Gasteiger partial charge in [0.25, 0.3) is 5.91 Å². The lowest BCUT2D eigenvalue weighted by Gasteiger charge is -2.03. The summed E-state index contributed by atoms with van der Waals surface area (Å²) in [5.74, 6) is -0.246. The minimum absolute atomic E-state index is 0.246. The van der Waals surface area contributed by atoms with Crippen LogP contribution in [0.3, 0.4) is 0 Å². The number of aromatic amines is 1. The van der Waals surface area contributed by atoms with Crippen LogP contribution >= 0.6 is 0 Å². The summed E-state index contributed by atoms with van der Waals surface area (Å²) in [6, 6.07) is 11.0. The molecule has 0 aliphatic carbocycles. The number of hydrogen-bond acceptors (Lipinski definition) is 3. The van der Waals surface area contributed by atoms with Crippen LogP contribution in [0, 0.1) is 11.3 Å². The lowest BCUT2D eigenvalue weighted by Crippen LogP contribution is -2.12. The van der Waals surface area contributed by atoms with E-state index in [2.05, 4.69) is 21.6 Å². The molecule has 0 unspecified atom stereocenters. The first kappa shape index (κ1) is 12.8. The molecular weight excluding hydrogens is 240 g/mol. The third-order valence-corrected chi connectivity index (χ3v) is 2.74. The molecule has 2 aromatic rings. The van der Waals surface area contributed by atoms with Crippen molar-refractivity contribution in [1.29, 1.82) is 5.26 Å². The van der Waals surface area contributed by atoms with E-state index in [1.54, 1.807) is 18.2 Å². The Labute approximate surface area is 111 Å². The van der Waals surface area contributed by atoms with E-state index >= 15 is 0 Å². The Balaban J connectivity index is 2.04. The van der Waals surface area contributed by atoms with Crippen molar-refractivity contribution >= 4 is 11.6 Å². The summed E-state index contributed by atoms with van der Waals surface area (Å²) in [6.07, 6.45) is 1.18. The predicted octanol–water partition coefficient (Wildman–Crippen LogP) is 2.29. The van der Waals surface area contributed by atoms with E-state index in [1.807, 2.05) is 19.1 Å². The average Bonchev–Trinajstić information content (AvgIpc) is 2.90. The van der Waals surface area contributed by atoms with Crippen LogP contribution in [0.25, 0.3) is 0 Å². The Morgan fingerprint density at radius 3 is 2.74 bits per heavy atom. The van der Waals surface area contributed by atoms with Crippen LogP contribution in [0.4, 0.5) is 5.69 Å². The van der Waals surface area contributed by atoms with Crippen LogP contribution in [-0.2, 0) is 12.8 Å². The highest BCUT2D eigenvalue weighted by Gasteiger charge is 2.09. The van der Waals surface area contributed by atoms with E-state index < -0.39 is 0 Å². The van der Waals surface area contributed by atoms with Gasteiger partial charge < -0.3 is 5.32 Å². The van der Waals surface area contributed by atoms with Gasteiger partial charge in [-0.1, -0.05) is 19.1 Å². The van der Waals surface area contributed by atoms with Crippen LogP contribution in [-0.4, -0.2) is 16.1 Å². The number of H-pyrrole nitrogens is 1. The first-order valence-corrected chi connectivity index (χ1v) is 6.04. The molecule has 1 heterocycles. The van der Waals surface area contributed by atoms with Crippen molar-refractivity contribution in [2.45, 2.75) is 19.8 Å². The number of carbonyl (C=O) groups is 1. The zero-order valence-corrected chi connectivity index (χ0v) is 10.6. The molecule has 19 heavy (non-hydrogen) atoms. The summed E-state index contributed by atoms with van der Waals surface area (Å²) in [5.41, 5.74) is 2.91. The Kier molecular flexibility index (Phi) is 3.94. The van der Waals surface area contributed by atoms with Gasteiger partial charge in [-0.3, -0.25) is 9.89 Å². The van der Waals surface area contributed by atoms with Gasteiger partial charge in [0.05, 0.1) is 12.5 Å². The van der Waals surface area contributed by atoms with Crippen LogP contribution in [0.15, 0.2) is 30.3 Å². The van der Waals surface area contributed by atoms with E-state index in [1.165, 1.54) is 0 Å². The topological polar surface area (TPSA) is 81.6 Å². The van der Waals surface area contributed by atoms with Crippen molar-refractivity contribution in [2.75, 3.05) is 5.32 Å². The Hall–Kier alpha value is -2.61. The number of hydrogen-bond donors (Lipinski definition) is 2. The summed E-state index contributed by atoms with van der Waals surface area (Å²) in [4.78, 5) is 11.9. The third-order valence-electron chi connectivity index (χ3n) is 2.74. The van der Waals surface area contributed by atoms with E-state index in [0.29, 0.717) is 17.8 Å². The number of nitrogens with one attached hydrogen (secondary N) is 2. The molecule has 1 amide bonds. The first-order valence-electron chi connectivity index (χ1n) is 6.04. The number of aromatic nitrogens is 2. The van der Waals surface area contributed by atoms with Crippen molar-refractivity contribution in [2.24, 2.45) is 0 Å². The van der Waals surface area contributed by atoms with Crippen LogP contribution in [0.2, 0.25) is 0 Å². The molecule has 2 rings (SSSR count). The van der Waals surface area contributed by atoms with Gasteiger partial charge in [0.15, 0.2) is 5.69 Å². The SMILES string of the molecule is CCc1cc(C(=O)Nc2ccc(CC#N)cc2)n[nH]1. The fourth-order valence-corrected chi connectivity index (χ4v) is 1.65. The Morgan fingerprint density at radius 2 is 2.16 bits per heavy atom. The molecule has 2 N–H and O–H groups in total. The smallest absolute Gasteiger partial charge is 0.276 e. The van der Waals surface area contributed by atoms with Crippen LogP contribution in [0.5, 0.6) is 0 Å². The average molecular weight is 254 g/mol. The summed E-state index contributed by atoms with van der Waals surface area (Å²) in [5, 5.41) is 18.1. The second-order valence-corrected chi connectivity index (χ2v) is 4.12. The monoisotopic (exact) mass is 254 g/mol. The molecule has 1 aromatic carbocycles. The lowest BCUT2D eigenvalue weighted by molar-refractivity contribution is 0.102. The van der Waals surface area contributed by atoms with Gasteiger partial charge in [-0.2, -0.15) is 10.4 Å². The normalized spacial score (nSPS) is 9.89. The Morgan fingerprint density at radius 1 is 1.42 bits per heavy atom. The molecule has 0 aliphatic heterocycles. The number of nitriles is 1. The molecule has 0 radical (unpaired) electrons. The fourth-order valence-electron chi connectivity index (χ4n) is 1.65. The highest BCUT2D eigenvalue weighted by molar-refractivity contribution is 6.02. The second-order valence-electron chi connectivity index (χ2n) is 4.12. The van der Waals surface area contributed by atoms with Gasteiger partial charge in [0, 0.05) is 11.4 Å². The van der Waals surface area contributed by atoms with Crippen molar-refractivity contribution in [1.82, 2.24) is 10.2 Å². The molecule has 0 bridgehead atoms. The molecule has 5 nitrogen and oxygen atoms in total. The van der Waals surface area contributed by atoms with Gasteiger partial charge in [-0.15, -0.1) is 0 Å². The number of carbonyl (C=O) groups excluding carboxylic acids is 1. The maximum absolute atomic E-state index is 11.9. The van der Waals surface area contributed by atoms with E-state index in [4.69, 9.17) is 5.26 Å². The summed E-state index contributed by atoms with van der Waals surface area (Å²) < 4.78 is 0. The van der Waals surface area contributed by atoms with Crippen molar-refractivity contribution in [3.63, 3.8) is 0 Å². The molecule has 0 atom stereocenters. The summed E-state index contributed by atoms with van der Waals surface area (Å²) in [6.45, 7) is 1.99. The van der Waals surface area contributed by atoms with Gasteiger partial charge >= 0.3 is 0 Å². The zero-order chi connectivity index (χ0) is 13.7. The molecule has 0 spiro atoms. The number of nitrogens with zero attached hydrogens (tertiary/aromatic N) is 2. The summed E-state index contributed by atoms with van der Waals surface area (Å²) >= 11 is 0. The molecule has 96 valence electrons. The van der Waals surface area contributed by atoms with Crippen molar-refractivity contribution in [3.8, 4) is 6.07 Å². The molecule has 0 saturated heterocycles. The maximum atomic E-state index is 11.9. The van der Waals surface area contributed by atoms with Gasteiger partial charge in [-0.25, -0.2) is 0 Å². The van der Waals surface area contributed by atoms with E-state index in [-0.39, 0.29) is 5.91 Å². The largest absolute Gasteiger partial charge is 0.321 e. The fraction of sp³-hybridized carbons (Fsp3) is 0.214. The minimum Gasteiger partial charge on any atom is -0.321 e. The van der Waals surface area contributed by atoms with E-state index in [0.717, 1.165) is 17.7 Å². The highest BCUT2D eigenvalue weighted by atomic mass is 16.1. The Bertz CT molecular complexity index is 607. The maximum Gasteiger partial charge on any atom is 0.276 e. The van der Waals surface area contributed by atoms with Crippen LogP contribution < -0.4 is 5.32 Å². The number of rotatable bonds is 4. The summed E-state index contributed by atoms with van der Waals surface area (Å²) in [7, 11) is 0. The highest BCUT2D eigenvalue weighted by Crippen LogP contribution is 2.11. The van der Waals surface area contributed by atoms with Crippen molar-refractivity contribution < 1.29 is 4.79 Å². The lowest BCUT2D eigenvalue weighted by atomic mass is 10.1. The van der Waals surface area contributed by atoms with Crippen LogP contribution in [0.1, 0.15) is 28.7 Å². The zero-order valence-electron chi connectivity index (χ0n) is 10.6. The molecule has 0 saturated carbocycles. The number of benzene rings is 1. The third kappa shape index (κ3) is 3.19. The van der Waals surface area contributed by atoms with E-state index in [9.17, 15) is 4.79 Å². The molecule has 0 aliphatic rings. The van der Waals surface area contributed by atoms with Crippen molar-refractivity contribution in [3.05, 3.63) is 47.3 Å². The number of anilines is 1. The molecule has 0 fully saturated rings. The van der Waals surface area contributed by atoms with Gasteiger partial charge in [0.1, 0.15) is 0 Å². The molecular formula is C14H14N4O. The van der Waals surface area contributed by atoms with Gasteiger partial charge in [-0.05, 0) is 30.2 Å². The standard InChI is InChI=1S/C14H14N4O/c1-2-11-9-13(18-17-11)14(19)16-12-5-3-10(4-6-12)7-8-15/h3-6,9H,2,7H2,1H3,(H,16,19)(H,17,18). The van der Waals surface area contributed by atoms with Gasteiger partial charge in [0.2, 0.25) is 0 Å². The number of amides is 1. The predicted molar refractivity (Wildman–Crippen MR) is 71.7 cm³/mol. The number of aryl methyl sites for hydroxylation is 1. The quantitative estimate of drug-likeness (QED) is 0.878. The second kappa shape index (κ2) is 5.83.